The van der Waals surface area contributed by atoms with Gasteiger partial charge in [0.25, 0.3) is 0 Å². The van der Waals surface area contributed by atoms with Crippen molar-refractivity contribution in [2.75, 3.05) is 4.90 Å². The number of rotatable bonds is 5. The van der Waals surface area contributed by atoms with Gasteiger partial charge in [0.15, 0.2) is 5.58 Å². The average molecular weight is 724 g/mol. The molecule has 0 radical (unpaired) electrons. The number of benzene rings is 8. The van der Waals surface area contributed by atoms with Crippen LogP contribution in [0.2, 0.25) is 0 Å². The summed E-state index contributed by atoms with van der Waals surface area (Å²) in [6, 6.07) is 62.2. The fourth-order valence-corrected chi connectivity index (χ4v) is 9.42. The largest absolute Gasteiger partial charge is 0.456 e. The number of thiophene rings is 1. The highest BCUT2D eigenvalue weighted by Gasteiger charge is 2.21. The molecular formula is C49H29N3O2S. The van der Waals surface area contributed by atoms with Crippen LogP contribution < -0.4 is 4.90 Å². The SMILES string of the molecule is c1ccc(-c2nc3cc4oc5cc(N(c6ccc7c(c6)sc6ccccc67)c6ccc7c(c6)c6ccccc6n7-c6ccccc6)ccc5c4cc3o2)cc1. The number of aromatic nitrogens is 2. The fraction of sp³-hybridized carbons (Fsp3) is 0. The Hall–Kier alpha value is -7.15. The summed E-state index contributed by atoms with van der Waals surface area (Å²) in [5.74, 6) is 0.602. The molecule has 0 amide bonds. The first-order chi connectivity index (χ1) is 27.2. The number of hydrogen-bond donors (Lipinski definition) is 0. The van der Waals surface area contributed by atoms with Crippen molar-refractivity contribution in [2.24, 2.45) is 0 Å². The smallest absolute Gasteiger partial charge is 0.227 e. The zero-order valence-electron chi connectivity index (χ0n) is 29.3. The molecule has 8 aromatic carbocycles. The number of hydrogen-bond acceptors (Lipinski definition) is 5. The quantitative estimate of drug-likeness (QED) is 0.177. The van der Waals surface area contributed by atoms with Gasteiger partial charge in [-0.05, 0) is 84.9 Å². The first-order valence-corrected chi connectivity index (χ1v) is 19.2. The molecule has 4 aromatic heterocycles. The third kappa shape index (κ3) is 4.68. The number of anilines is 3. The van der Waals surface area contributed by atoms with E-state index in [4.69, 9.17) is 13.8 Å². The number of para-hydroxylation sites is 2. The Morgan fingerprint density at radius 2 is 1.09 bits per heavy atom. The van der Waals surface area contributed by atoms with Gasteiger partial charge >= 0.3 is 0 Å². The lowest BCUT2D eigenvalue weighted by molar-refractivity contribution is 0.620. The maximum Gasteiger partial charge on any atom is 0.227 e. The second-order valence-corrected chi connectivity index (χ2v) is 15.1. The van der Waals surface area contributed by atoms with E-state index in [0.29, 0.717) is 5.89 Å². The summed E-state index contributed by atoms with van der Waals surface area (Å²) in [4.78, 5) is 7.15. The lowest BCUT2D eigenvalue weighted by atomic mass is 10.1. The molecule has 0 fully saturated rings. The highest BCUT2D eigenvalue weighted by atomic mass is 32.1. The van der Waals surface area contributed by atoms with E-state index in [0.717, 1.165) is 66.9 Å². The van der Waals surface area contributed by atoms with Crippen molar-refractivity contribution in [3.8, 4) is 17.1 Å². The highest BCUT2D eigenvalue weighted by molar-refractivity contribution is 7.25. The van der Waals surface area contributed by atoms with Gasteiger partial charge in [0.05, 0.1) is 11.0 Å². The first-order valence-electron chi connectivity index (χ1n) is 18.4. The minimum atomic E-state index is 0.602. The molecule has 0 unspecified atom stereocenters. The molecule has 4 heterocycles. The molecule has 0 N–H and O–H groups in total. The van der Waals surface area contributed by atoms with E-state index in [-0.39, 0.29) is 0 Å². The molecular weight excluding hydrogens is 695 g/mol. The van der Waals surface area contributed by atoms with Gasteiger partial charge in [0.1, 0.15) is 16.7 Å². The molecule has 0 bridgehead atoms. The molecule has 0 aliphatic heterocycles. The van der Waals surface area contributed by atoms with Crippen LogP contribution in [0.3, 0.4) is 0 Å². The zero-order valence-corrected chi connectivity index (χ0v) is 30.1. The van der Waals surface area contributed by atoms with Crippen molar-refractivity contribution in [3.63, 3.8) is 0 Å². The van der Waals surface area contributed by atoms with Crippen LogP contribution in [-0.2, 0) is 0 Å². The molecule has 5 nitrogen and oxygen atoms in total. The Labute approximate surface area is 318 Å². The van der Waals surface area contributed by atoms with Crippen molar-refractivity contribution in [2.45, 2.75) is 0 Å². The standard InChI is InChI=1S/C49H29N3O2S/c1-3-11-30(12-4-1)49-50-41-29-45-40(28-46(41)54-49)36-22-19-33(26-44(36)53-45)51(34-20-23-38-37-16-8-10-18-47(37)55-48(38)27-34)32-21-24-43-39(25-32)35-15-7-9-17-42(35)52(43)31-13-5-2-6-14-31/h1-29H. The maximum atomic E-state index is 6.62. The first kappa shape index (κ1) is 30.3. The minimum Gasteiger partial charge on any atom is -0.456 e. The van der Waals surface area contributed by atoms with Gasteiger partial charge < -0.3 is 18.3 Å². The van der Waals surface area contributed by atoms with Crippen LogP contribution >= 0.6 is 11.3 Å². The Morgan fingerprint density at radius 3 is 1.96 bits per heavy atom. The van der Waals surface area contributed by atoms with Crippen LogP contribution in [0.4, 0.5) is 17.1 Å². The van der Waals surface area contributed by atoms with Gasteiger partial charge in [-0.2, -0.15) is 0 Å². The second kappa shape index (κ2) is 11.7. The normalized spacial score (nSPS) is 12.0. The van der Waals surface area contributed by atoms with Crippen LogP contribution in [0.1, 0.15) is 0 Å². The van der Waals surface area contributed by atoms with E-state index < -0.39 is 0 Å². The monoisotopic (exact) mass is 723 g/mol. The summed E-state index contributed by atoms with van der Waals surface area (Å²) in [5.41, 5.74) is 10.7. The molecule has 0 saturated carbocycles. The van der Waals surface area contributed by atoms with E-state index in [1.54, 1.807) is 0 Å². The lowest BCUT2D eigenvalue weighted by Gasteiger charge is -2.26. The molecule has 0 spiro atoms. The van der Waals surface area contributed by atoms with Crippen molar-refractivity contribution < 1.29 is 8.83 Å². The summed E-state index contributed by atoms with van der Waals surface area (Å²) in [6.07, 6.45) is 0. The van der Waals surface area contributed by atoms with Gasteiger partial charge in [-0.3, -0.25) is 0 Å². The molecule has 0 aliphatic rings. The fourth-order valence-electron chi connectivity index (χ4n) is 8.29. The van der Waals surface area contributed by atoms with Gasteiger partial charge in [-0.1, -0.05) is 78.9 Å². The topological polar surface area (TPSA) is 47.3 Å². The van der Waals surface area contributed by atoms with Crippen molar-refractivity contribution >= 4 is 103 Å². The third-order valence-electron chi connectivity index (χ3n) is 10.8. The van der Waals surface area contributed by atoms with E-state index in [9.17, 15) is 0 Å². The minimum absolute atomic E-state index is 0.602. The number of oxazole rings is 1. The summed E-state index contributed by atoms with van der Waals surface area (Å²) >= 11 is 1.83. The molecule has 0 aliphatic carbocycles. The number of nitrogens with zero attached hydrogens (tertiary/aromatic N) is 3. The van der Waals surface area contributed by atoms with Crippen LogP contribution in [0, 0.1) is 0 Å². The zero-order chi connectivity index (χ0) is 36.0. The molecule has 12 aromatic rings. The molecule has 12 rings (SSSR count). The predicted octanol–water partition coefficient (Wildman–Crippen LogP) is 14.3. The number of furan rings is 1. The maximum absolute atomic E-state index is 6.62. The van der Waals surface area contributed by atoms with Gasteiger partial charge in [-0.15, -0.1) is 11.3 Å². The van der Waals surface area contributed by atoms with Crippen molar-refractivity contribution in [3.05, 3.63) is 176 Å². The Morgan fingerprint density at radius 1 is 0.436 bits per heavy atom. The summed E-state index contributed by atoms with van der Waals surface area (Å²) < 4.78 is 17.8. The van der Waals surface area contributed by atoms with Crippen LogP contribution in [0.5, 0.6) is 0 Å². The molecule has 55 heavy (non-hydrogen) atoms. The van der Waals surface area contributed by atoms with Crippen LogP contribution in [0.15, 0.2) is 185 Å². The second-order valence-electron chi connectivity index (χ2n) is 14.0. The lowest BCUT2D eigenvalue weighted by Crippen LogP contribution is -2.09. The molecule has 0 atom stereocenters. The van der Waals surface area contributed by atoms with E-state index in [1.807, 2.05) is 47.7 Å². The summed E-state index contributed by atoms with van der Waals surface area (Å²) in [6.45, 7) is 0. The summed E-state index contributed by atoms with van der Waals surface area (Å²) in [5, 5.41) is 6.99. The van der Waals surface area contributed by atoms with Gasteiger partial charge in [-0.25, -0.2) is 4.98 Å². The third-order valence-corrected chi connectivity index (χ3v) is 11.9. The Kier molecular flexibility index (Phi) is 6.44. The highest BCUT2D eigenvalue weighted by Crippen LogP contribution is 2.44. The van der Waals surface area contributed by atoms with E-state index in [1.165, 1.54) is 36.5 Å². The Bertz CT molecular complexity index is 3450. The van der Waals surface area contributed by atoms with Crippen molar-refractivity contribution in [1.29, 1.82) is 0 Å². The van der Waals surface area contributed by atoms with E-state index >= 15 is 0 Å². The van der Waals surface area contributed by atoms with Crippen LogP contribution in [-0.4, -0.2) is 9.55 Å². The Balaban J connectivity index is 1.05. The van der Waals surface area contributed by atoms with Crippen LogP contribution in [0.25, 0.3) is 92.2 Å². The molecule has 258 valence electrons. The molecule has 0 saturated heterocycles. The van der Waals surface area contributed by atoms with Crippen molar-refractivity contribution in [1.82, 2.24) is 9.55 Å². The van der Waals surface area contributed by atoms with E-state index in [2.05, 4.69) is 149 Å². The molecule has 6 heteroatoms. The van der Waals surface area contributed by atoms with Gasteiger partial charge in [0, 0.05) is 82.2 Å². The van der Waals surface area contributed by atoms with Gasteiger partial charge in [0.2, 0.25) is 5.89 Å². The average Bonchev–Trinajstić information content (AvgIpc) is 4.00. The summed E-state index contributed by atoms with van der Waals surface area (Å²) in [7, 11) is 0. The number of fused-ring (bicyclic) bond motifs is 10. The predicted molar refractivity (Wildman–Crippen MR) is 229 cm³/mol.